The predicted molar refractivity (Wildman–Crippen MR) is 67.5 cm³/mol. The molecule has 100 valence electrons. The molecule has 2 aliphatic rings. The van der Waals surface area contributed by atoms with Crippen LogP contribution in [0.5, 0.6) is 0 Å². The zero-order valence-electron chi connectivity index (χ0n) is 10.3. The first-order chi connectivity index (χ1) is 7.30. The summed E-state index contributed by atoms with van der Waals surface area (Å²) in [6.07, 6.45) is 2.13. The van der Waals surface area contributed by atoms with Gasteiger partial charge in [-0.25, -0.2) is 12.7 Å². The van der Waals surface area contributed by atoms with Gasteiger partial charge in [0.25, 0.3) is 0 Å². The highest BCUT2D eigenvalue weighted by Gasteiger charge is 2.60. The summed E-state index contributed by atoms with van der Waals surface area (Å²) in [6, 6.07) is -0.0188. The van der Waals surface area contributed by atoms with Crippen LogP contribution in [0.4, 0.5) is 0 Å². The predicted octanol–water partition coefficient (Wildman–Crippen LogP) is 0.357. The topological polar surface area (TPSA) is 66.5 Å². The molecule has 2 unspecified atom stereocenters. The van der Waals surface area contributed by atoms with Crippen LogP contribution in [0.3, 0.4) is 0 Å². The molecule has 0 spiro atoms. The largest absolute Gasteiger partial charge is 0.311 e. The molecule has 2 heterocycles. The maximum Gasteiger partial charge on any atom is 0.238 e. The Labute approximate surface area is 108 Å². The van der Waals surface area contributed by atoms with Crippen molar-refractivity contribution in [2.24, 2.45) is 5.92 Å². The molecule has 0 saturated carbocycles. The Morgan fingerprint density at radius 2 is 2.06 bits per heavy atom. The molecule has 2 fully saturated rings. The molecule has 5 nitrogen and oxygen atoms in total. The third kappa shape index (κ3) is 1.96. The molecule has 0 aliphatic carbocycles. The van der Waals surface area contributed by atoms with Crippen LogP contribution in [0.15, 0.2) is 0 Å². The smallest absolute Gasteiger partial charge is 0.238 e. The molecule has 2 aliphatic heterocycles. The minimum absolute atomic E-state index is 0. The van der Waals surface area contributed by atoms with Gasteiger partial charge in [0.15, 0.2) is 0 Å². The second-order valence-electron chi connectivity index (χ2n) is 5.03. The summed E-state index contributed by atoms with van der Waals surface area (Å²) in [4.78, 5) is 11.9. The minimum atomic E-state index is -3.47. The third-order valence-electron chi connectivity index (χ3n) is 3.83. The number of fused-ring (bicyclic) bond motifs is 1. The van der Waals surface area contributed by atoms with Gasteiger partial charge in [0, 0.05) is 12.5 Å². The lowest BCUT2D eigenvalue weighted by Crippen LogP contribution is -2.55. The van der Waals surface area contributed by atoms with E-state index in [0.29, 0.717) is 12.8 Å². The van der Waals surface area contributed by atoms with Crippen LogP contribution >= 0.6 is 12.4 Å². The number of nitrogens with zero attached hydrogens (tertiary/aromatic N) is 1. The molecule has 2 atom stereocenters. The van der Waals surface area contributed by atoms with Gasteiger partial charge in [-0.1, -0.05) is 13.8 Å². The molecular weight excluding hydrogens is 264 g/mol. The van der Waals surface area contributed by atoms with Crippen LogP contribution in [0.2, 0.25) is 0 Å². The summed E-state index contributed by atoms with van der Waals surface area (Å²) in [5.74, 6) is -0.137. The van der Waals surface area contributed by atoms with Crippen LogP contribution in [0.25, 0.3) is 0 Å². The number of carbonyl (C=O) groups is 1. The first-order valence-electron chi connectivity index (χ1n) is 5.57. The van der Waals surface area contributed by atoms with E-state index < -0.39 is 15.6 Å². The van der Waals surface area contributed by atoms with Crippen molar-refractivity contribution in [2.75, 3.05) is 12.8 Å². The number of hydrogen-bond acceptors (Lipinski definition) is 4. The van der Waals surface area contributed by atoms with Gasteiger partial charge in [0.1, 0.15) is 0 Å². The first-order valence-corrected chi connectivity index (χ1v) is 7.41. The molecule has 1 amide bonds. The average molecular weight is 283 g/mol. The van der Waals surface area contributed by atoms with Gasteiger partial charge in [-0.15, -0.1) is 12.4 Å². The highest BCUT2D eigenvalue weighted by atomic mass is 35.5. The standard InChI is InChI=1S/C10H18N2O3S.ClH/c1-7(2)10-4-5-11-8(10)6-9(13)12(10)16(3,14)15;/h7-8,11H,4-6H2,1-3H3;1H. The quantitative estimate of drug-likeness (QED) is 0.794. The number of sulfonamides is 1. The van der Waals surface area contributed by atoms with E-state index in [1.807, 2.05) is 13.8 Å². The highest BCUT2D eigenvalue weighted by molar-refractivity contribution is 7.89. The first kappa shape index (κ1) is 14.7. The molecule has 0 radical (unpaired) electrons. The molecule has 0 aromatic heterocycles. The van der Waals surface area contributed by atoms with Crippen LogP contribution in [0, 0.1) is 5.92 Å². The molecule has 1 N–H and O–H groups in total. The van der Waals surface area contributed by atoms with Gasteiger partial charge in [-0.3, -0.25) is 4.79 Å². The molecule has 2 rings (SSSR count). The lowest BCUT2D eigenvalue weighted by atomic mass is 9.81. The Bertz CT molecular complexity index is 423. The van der Waals surface area contributed by atoms with Crippen molar-refractivity contribution in [1.82, 2.24) is 9.62 Å². The van der Waals surface area contributed by atoms with E-state index in [2.05, 4.69) is 5.32 Å². The van der Waals surface area contributed by atoms with Crippen molar-refractivity contribution >= 4 is 28.3 Å². The molecule has 0 aromatic rings. The van der Waals surface area contributed by atoms with Crippen molar-refractivity contribution < 1.29 is 13.2 Å². The van der Waals surface area contributed by atoms with Crippen molar-refractivity contribution in [2.45, 2.75) is 38.3 Å². The van der Waals surface area contributed by atoms with Gasteiger partial charge in [0.05, 0.1) is 11.8 Å². The molecule has 0 bridgehead atoms. The second-order valence-corrected chi connectivity index (χ2v) is 6.86. The summed E-state index contributed by atoms with van der Waals surface area (Å²) in [5.41, 5.74) is -0.537. The van der Waals surface area contributed by atoms with Crippen LogP contribution in [0.1, 0.15) is 26.7 Å². The van der Waals surface area contributed by atoms with Gasteiger partial charge in [0.2, 0.25) is 15.9 Å². The minimum Gasteiger partial charge on any atom is -0.311 e. The molecular formula is C10H19ClN2O3S. The fourth-order valence-corrected chi connectivity index (χ4v) is 4.69. The van der Waals surface area contributed by atoms with Gasteiger partial charge in [-0.05, 0) is 18.9 Å². The van der Waals surface area contributed by atoms with Gasteiger partial charge in [-0.2, -0.15) is 0 Å². The number of nitrogens with one attached hydrogen (secondary N) is 1. The van der Waals surface area contributed by atoms with E-state index in [1.165, 1.54) is 0 Å². The van der Waals surface area contributed by atoms with Crippen LogP contribution < -0.4 is 5.32 Å². The number of rotatable bonds is 2. The Hall–Kier alpha value is -0.330. The normalized spacial score (nSPS) is 32.8. The van der Waals surface area contributed by atoms with Gasteiger partial charge < -0.3 is 5.32 Å². The van der Waals surface area contributed by atoms with Crippen molar-refractivity contribution in [3.63, 3.8) is 0 Å². The number of hydrogen-bond donors (Lipinski definition) is 1. The lowest BCUT2D eigenvalue weighted by molar-refractivity contribution is -0.126. The van der Waals surface area contributed by atoms with Crippen molar-refractivity contribution in [3.8, 4) is 0 Å². The zero-order chi connectivity index (χ0) is 12.1. The number of halogens is 1. The number of amides is 1. The Morgan fingerprint density at radius 3 is 2.53 bits per heavy atom. The zero-order valence-corrected chi connectivity index (χ0v) is 11.9. The lowest BCUT2D eigenvalue weighted by Gasteiger charge is -2.39. The van der Waals surface area contributed by atoms with Gasteiger partial charge >= 0.3 is 0 Å². The summed E-state index contributed by atoms with van der Waals surface area (Å²) < 4.78 is 24.7. The summed E-state index contributed by atoms with van der Waals surface area (Å²) in [5, 5.41) is 3.25. The Morgan fingerprint density at radius 1 is 1.47 bits per heavy atom. The van der Waals surface area contributed by atoms with E-state index in [9.17, 15) is 13.2 Å². The Kier molecular flexibility index (Phi) is 3.82. The maximum atomic E-state index is 11.9. The van der Waals surface area contributed by atoms with E-state index in [1.54, 1.807) is 0 Å². The van der Waals surface area contributed by atoms with Crippen LogP contribution in [-0.2, 0) is 14.8 Å². The highest BCUT2D eigenvalue weighted by Crippen LogP contribution is 2.44. The third-order valence-corrected chi connectivity index (χ3v) is 5.04. The summed E-state index contributed by atoms with van der Waals surface area (Å²) >= 11 is 0. The van der Waals surface area contributed by atoms with Crippen molar-refractivity contribution in [3.05, 3.63) is 0 Å². The Balaban J connectivity index is 0.00000144. The molecule has 7 heteroatoms. The van der Waals surface area contributed by atoms with Crippen molar-refractivity contribution in [1.29, 1.82) is 0 Å². The number of carbonyl (C=O) groups excluding carboxylic acids is 1. The summed E-state index contributed by atoms with van der Waals surface area (Å²) in [7, 11) is -3.47. The molecule has 0 aromatic carbocycles. The monoisotopic (exact) mass is 282 g/mol. The fraction of sp³-hybridized carbons (Fsp3) is 0.900. The SMILES string of the molecule is CC(C)C12CCNC1CC(=O)N2S(C)(=O)=O.Cl. The molecule has 2 saturated heterocycles. The van der Waals surface area contributed by atoms with E-state index in [0.717, 1.165) is 17.1 Å². The molecule has 17 heavy (non-hydrogen) atoms. The summed E-state index contributed by atoms with van der Waals surface area (Å²) in [6.45, 7) is 4.75. The fourth-order valence-electron chi connectivity index (χ4n) is 3.20. The van der Waals surface area contributed by atoms with Crippen LogP contribution in [-0.4, -0.2) is 43.0 Å². The average Bonchev–Trinajstić information content (AvgIpc) is 2.56. The van der Waals surface area contributed by atoms with E-state index in [-0.39, 0.29) is 30.3 Å². The maximum absolute atomic E-state index is 11.9. The second kappa shape index (κ2) is 4.40. The van der Waals surface area contributed by atoms with E-state index in [4.69, 9.17) is 0 Å². The van der Waals surface area contributed by atoms with E-state index >= 15 is 0 Å².